The SMILES string of the molecule is O=c1[nH]ccc2c1[nH]c1c([N+](=O)[O-])cccc12. The van der Waals surface area contributed by atoms with Crippen molar-refractivity contribution in [3.8, 4) is 0 Å². The monoisotopic (exact) mass is 229 g/mol. The number of aromatic nitrogens is 2. The van der Waals surface area contributed by atoms with Crippen molar-refractivity contribution in [2.45, 2.75) is 0 Å². The molecule has 3 aromatic rings. The highest BCUT2D eigenvalue weighted by Crippen LogP contribution is 2.29. The number of hydrogen-bond acceptors (Lipinski definition) is 3. The molecule has 0 aliphatic heterocycles. The van der Waals surface area contributed by atoms with E-state index in [0.29, 0.717) is 21.8 Å². The lowest BCUT2D eigenvalue weighted by Crippen LogP contribution is -2.03. The van der Waals surface area contributed by atoms with Crippen LogP contribution in [0.3, 0.4) is 0 Å². The molecule has 0 bridgehead atoms. The molecule has 2 N–H and O–H groups in total. The summed E-state index contributed by atoms with van der Waals surface area (Å²) in [6, 6.07) is 6.49. The summed E-state index contributed by atoms with van der Waals surface area (Å²) in [5, 5.41) is 12.2. The molecule has 2 aromatic heterocycles. The third-order valence-electron chi connectivity index (χ3n) is 2.74. The molecule has 0 radical (unpaired) electrons. The largest absolute Gasteiger partial charge is 0.344 e. The van der Waals surface area contributed by atoms with Crippen LogP contribution >= 0.6 is 0 Å². The van der Waals surface area contributed by atoms with Gasteiger partial charge in [0.15, 0.2) is 0 Å². The topological polar surface area (TPSA) is 91.8 Å². The Bertz CT molecular complexity index is 800. The second-order valence-electron chi connectivity index (χ2n) is 3.68. The predicted molar refractivity (Wildman–Crippen MR) is 63.1 cm³/mol. The van der Waals surface area contributed by atoms with E-state index in [1.165, 1.54) is 12.3 Å². The van der Waals surface area contributed by atoms with E-state index in [9.17, 15) is 14.9 Å². The number of nitrogens with zero attached hydrogens (tertiary/aromatic N) is 1. The maximum absolute atomic E-state index is 11.6. The normalized spacial score (nSPS) is 11.1. The Balaban J connectivity index is 2.60. The van der Waals surface area contributed by atoms with Crippen molar-refractivity contribution in [3.63, 3.8) is 0 Å². The van der Waals surface area contributed by atoms with Crippen molar-refractivity contribution in [3.05, 3.63) is 50.9 Å². The van der Waals surface area contributed by atoms with Crippen LogP contribution in [0.15, 0.2) is 35.3 Å². The highest BCUT2D eigenvalue weighted by molar-refractivity contribution is 6.09. The Kier molecular flexibility index (Phi) is 1.79. The van der Waals surface area contributed by atoms with E-state index in [4.69, 9.17) is 0 Å². The fraction of sp³-hybridized carbons (Fsp3) is 0. The Morgan fingerprint density at radius 3 is 2.65 bits per heavy atom. The van der Waals surface area contributed by atoms with Crippen LogP contribution in [0.4, 0.5) is 5.69 Å². The zero-order valence-electron chi connectivity index (χ0n) is 8.56. The van der Waals surface area contributed by atoms with E-state index >= 15 is 0 Å². The first-order chi connectivity index (χ1) is 8.18. The van der Waals surface area contributed by atoms with E-state index in [1.807, 2.05) is 0 Å². The van der Waals surface area contributed by atoms with Gasteiger partial charge in [0, 0.05) is 23.0 Å². The molecular formula is C11H7N3O3. The first kappa shape index (κ1) is 9.59. The molecule has 0 aliphatic carbocycles. The second-order valence-corrected chi connectivity index (χ2v) is 3.68. The lowest BCUT2D eigenvalue weighted by Gasteiger charge is -1.92. The number of H-pyrrole nitrogens is 2. The standard InChI is InChI=1S/C11H7N3O3/c15-11-10-7(4-5-12-11)6-2-1-3-8(14(16)17)9(6)13-10/h1-5,13H,(H,12,15). The summed E-state index contributed by atoms with van der Waals surface area (Å²) in [4.78, 5) is 27.3. The molecule has 0 saturated carbocycles. The molecule has 0 saturated heterocycles. The summed E-state index contributed by atoms with van der Waals surface area (Å²) in [6.45, 7) is 0. The molecule has 0 atom stereocenters. The molecule has 6 heteroatoms. The first-order valence-electron chi connectivity index (χ1n) is 4.95. The van der Waals surface area contributed by atoms with Crippen LogP contribution in [0.25, 0.3) is 21.8 Å². The third-order valence-corrected chi connectivity index (χ3v) is 2.74. The molecule has 1 aromatic carbocycles. The Labute approximate surface area is 94.0 Å². The van der Waals surface area contributed by atoms with Crippen LogP contribution in [0.1, 0.15) is 0 Å². The van der Waals surface area contributed by atoms with Gasteiger partial charge in [0.2, 0.25) is 0 Å². The predicted octanol–water partition coefficient (Wildman–Crippen LogP) is 1.92. The van der Waals surface area contributed by atoms with E-state index in [1.54, 1.807) is 18.2 Å². The third kappa shape index (κ3) is 1.24. The number of nitrogens with one attached hydrogen (secondary N) is 2. The number of hydrogen-bond donors (Lipinski definition) is 2. The maximum Gasteiger partial charge on any atom is 0.293 e. The Hall–Kier alpha value is -2.63. The van der Waals surface area contributed by atoms with Crippen LogP contribution in [0, 0.1) is 10.1 Å². The molecule has 0 unspecified atom stereocenters. The van der Waals surface area contributed by atoms with E-state index in [-0.39, 0.29) is 11.2 Å². The van der Waals surface area contributed by atoms with E-state index in [2.05, 4.69) is 9.97 Å². The summed E-state index contributed by atoms with van der Waals surface area (Å²) in [5.41, 5.74) is 0.423. The molecule has 0 spiro atoms. The van der Waals surface area contributed by atoms with Crippen molar-refractivity contribution in [1.82, 2.24) is 9.97 Å². The van der Waals surface area contributed by atoms with Gasteiger partial charge in [0.25, 0.3) is 11.2 Å². The van der Waals surface area contributed by atoms with Gasteiger partial charge in [-0.2, -0.15) is 0 Å². The van der Waals surface area contributed by atoms with Gasteiger partial charge in [0.1, 0.15) is 11.0 Å². The summed E-state index contributed by atoms with van der Waals surface area (Å²) >= 11 is 0. The number of rotatable bonds is 1. The summed E-state index contributed by atoms with van der Waals surface area (Å²) in [7, 11) is 0. The van der Waals surface area contributed by atoms with Gasteiger partial charge in [0.05, 0.1) is 4.92 Å². The van der Waals surface area contributed by atoms with Gasteiger partial charge in [-0.15, -0.1) is 0 Å². The minimum atomic E-state index is -0.466. The number of para-hydroxylation sites is 1. The summed E-state index contributed by atoms with van der Waals surface area (Å²) in [6.07, 6.45) is 1.52. The highest BCUT2D eigenvalue weighted by atomic mass is 16.6. The number of nitro benzene ring substituents is 1. The van der Waals surface area contributed by atoms with Crippen molar-refractivity contribution in [2.24, 2.45) is 0 Å². The summed E-state index contributed by atoms with van der Waals surface area (Å²) in [5.74, 6) is 0. The second kappa shape index (κ2) is 3.18. The zero-order chi connectivity index (χ0) is 12.0. The molecule has 6 nitrogen and oxygen atoms in total. The molecule has 0 fully saturated rings. The fourth-order valence-corrected chi connectivity index (χ4v) is 2.00. The molecule has 3 rings (SSSR count). The molecular weight excluding hydrogens is 222 g/mol. The van der Waals surface area contributed by atoms with E-state index < -0.39 is 4.92 Å². The van der Waals surface area contributed by atoms with Crippen LogP contribution in [-0.2, 0) is 0 Å². The maximum atomic E-state index is 11.6. The molecule has 0 aliphatic rings. The number of non-ortho nitro benzene ring substituents is 1. The van der Waals surface area contributed by atoms with Crippen LogP contribution in [-0.4, -0.2) is 14.9 Å². The average molecular weight is 229 g/mol. The Morgan fingerprint density at radius 1 is 1.12 bits per heavy atom. The molecule has 2 heterocycles. The van der Waals surface area contributed by atoms with Gasteiger partial charge < -0.3 is 9.97 Å². The van der Waals surface area contributed by atoms with Crippen molar-refractivity contribution < 1.29 is 4.92 Å². The minimum absolute atomic E-state index is 0.0295. The smallest absolute Gasteiger partial charge is 0.293 e. The fourth-order valence-electron chi connectivity index (χ4n) is 2.00. The number of aromatic amines is 2. The molecule has 17 heavy (non-hydrogen) atoms. The first-order valence-corrected chi connectivity index (χ1v) is 4.95. The minimum Gasteiger partial charge on any atom is -0.344 e. The van der Waals surface area contributed by atoms with Crippen molar-refractivity contribution >= 4 is 27.5 Å². The quantitative estimate of drug-likeness (QED) is 0.493. The van der Waals surface area contributed by atoms with Gasteiger partial charge in [-0.1, -0.05) is 12.1 Å². The number of benzene rings is 1. The molecule has 0 amide bonds. The van der Waals surface area contributed by atoms with Crippen LogP contribution < -0.4 is 5.56 Å². The lowest BCUT2D eigenvalue weighted by atomic mass is 10.2. The average Bonchev–Trinajstić information content (AvgIpc) is 2.69. The van der Waals surface area contributed by atoms with Gasteiger partial charge in [-0.25, -0.2) is 0 Å². The number of pyridine rings is 1. The number of fused-ring (bicyclic) bond motifs is 3. The summed E-state index contributed by atoms with van der Waals surface area (Å²) < 4.78 is 0. The Morgan fingerprint density at radius 2 is 1.88 bits per heavy atom. The highest BCUT2D eigenvalue weighted by Gasteiger charge is 2.16. The number of nitro groups is 1. The van der Waals surface area contributed by atoms with Crippen molar-refractivity contribution in [2.75, 3.05) is 0 Å². The van der Waals surface area contributed by atoms with Gasteiger partial charge >= 0.3 is 0 Å². The van der Waals surface area contributed by atoms with Gasteiger partial charge in [-0.3, -0.25) is 14.9 Å². The van der Waals surface area contributed by atoms with Crippen molar-refractivity contribution in [1.29, 1.82) is 0 Å². The molecule has 84 valence electrons. The van der Waals surface area contributed by atoms with Crippen LogP contribution in [0.2, 0.25) is 0 Å². The van der Waals surface area contributed by atoms with Gasteiger partial charge in [-0.05, 0) is 6.07 Å². The zero-order valence-corrected chi connectivity index (χ0v) is 8.56. The lowest BCUT2D eigenvalue weighted by molar-refractivity contribution is -0.383. The van der Waals surface area contributed by atoms with Crippen LogP contribution in [0.5, 0.6) is 0 Å². The van der Waals surface area contributed by atoms with E-state index in [0.717, 1.165) is 0 Å².